The summed E-state index contributed by atoms with van der Waals surface area (Å²) < 4.78 is 0. The Kier molecular flexibility index (Phi) is 7.34. The third-order valence-corrected chi connectivity index (χ3v) is 3.27. The summed E-state index contributed by atoms with van der Waals surface area (Å²) in [5.74, 6) is -0.0255. The number of anilines is 1. The van der Waals surface area contributed by atoms with Crippen molar-refractivity contribution in [2.75, 3.05) is 5.32 Å². The second-order valence-corrected chi connectivity index (χ2v) is 5.26. The van der Waals surface area contributed by atoms with Crippen molar-refractivity contribution in [2.45, 2.75) is 39.7 Å². The Labute approximate surface area is 112 Å². The molecule has 0 fully saturated rings. The number of carbonyl (C=O) groups excluding carboxylic acids is 1. The van der Waals surface area contributed by atoms with Crippen LogP contribution in [0, 0.1) is 5.92 Å². The standard InChI is InChI=1S/C11H19N3OS.ClH/c1-4-5-8-6-13-11(16-8)14-10(15)9(12)7(2)3;/h6-7,9H,4-5,12H2,1-3H3,(H,13,14,15);1H/t9-;/m0./s1. The van der Waals surface area contributed by atoms with Gasteiger partial charge >= 0.3 is 0 Å². The minimum Gasteiger partial charge on any atom is -0.320 e. The first-order valence-corrected chi connectivity index (χ1v) is 6.37. The number of rotatable bonds is 5. The zero-order chi connectivity index (χ0) is 12.1. The first-order chi connectivity index (χ1) is 7.54. The van der Waals surface area contributed by atoms with Gasteiger partial charge in [-0.2, -0.15) is 0 Å². The van der Waals surface area contributed by atoms with Crippen LogP contribution in [0.15, 0.2) is 6.20 Å². The van der Waals surface area contributed by atoms with Gasteiger partial charge in [0.15, 0.2) is 5.13 Å². The molecule has 1 aromatic heterocycles. The normalized spacial score (nSPS) is 12.1. The lowest BCUT2D eigenvalue weighted by Crippen LogP contribution is -2.39. The molecule has 6 heteroatoms. The van der Waals surface area contributed by atoms with Gasteiger partial charge in [0.25, 0.3) is 0 Å². The molecule has 0 unspecified atom stereocenters. The van der Waals surface area contributed by atoms with E-state index < -0.39 is 6.04 Å². The van der Waals surface area contributed by atoms with Crippen molar-refractivity contribution >= 4 is 34.8 Å². The van der Waals surface area contributed by atoms with E-state index in [0.717, 1.165) is 12.8 Å². The van der Waals surface area contributed by atoms with E-state index in [1.54, 1.807) is 0 Å². The molecule has 0 radical (unpaired) electrons. The molecule has 0 bridgehead atoms. The summed E-state index contributed by atoms with van der Waals surface area (Å²) in [5, 5.41) is 3.39. The van der Waals surface area contributed by atoms with Crippen LogP contribution in [0.3, 0.4) is 0 Å². The zero-order valence-electron chi connectivity index (χ0n) is 10.4. The van der Waals surface area contributed by atoms with Gasteiger partial charge in [0, 0.05) is 11.1 Å². The molecule has 0 aromatic carbocycles. The van der Waals surface area contributed by atoms with Crippen molar-refractivity contribution in [2.24, 2.45) is 11.7 Å². The summed E-state index contributed by atoms with van der Waals surface area (Å²) in [6.07, 6.45) is 3.90. The Morgan fingerprint density at radius 2 is 2.24 bits per heavy atom. The van der Waals surface area contributed by atoms with Crippen LogP contribution in [0.25, 0.3) is 0 Å². The summed E-state index contributed by atoms with van der Waals surface area (Å²) in [4.78, 5) is 17.0. The van der Waals surface area contributed by atoms with Gasteiger partial charge < -0.3 is 11.1 Å². The maximum atomic E-state index is 11.7. The molecule has 1 aromatic rings. The summed E-state index contributed by atoms with van der Waals surface area (Å²) in [7, 11) is 0. The first-order valence-electron chi connectivity index (χ1n) is 5.55. The van der Waals surface area contributed by atoms with Crippen LogP contribution in [0.2, 0.25) is 0 Å². The van der Waals surface area contributed by atoms with Crippen molar-refractivity contribution in [3.8, 4) is 0 Å². The Morgan fingerprint density at radius 1 is 1.59 bits per heavy atom. The average molecular weight is 278 g/mol. The van der Waals surface area contributed by atoms with Gasteiger partial charge in [0.05, 0.1) is 6.04 Å². The van der Waals surface area contributed by atoms with Crippen molar-refractivity contribution < 1.29 is 4.79 Å². The molecule has 0 aliphatic carbocycles. The summed E-state index contributed by atoms with van der Waals surface area (Å²) >= 11 is 1.52. The van der Waals surface area contributed by atoms with E-state index in [4.69, 9.17) is 5.73 Å². The van der Waals surface area contributed by atoms with Crippen LogP contribution in [0.5, 0.6) is 0 Å². The Bertz CT molecular complexity index is 354. The van der Waals surface area contributed by atoms with Crippen molar-refractivity contribution in [1.82, 2.24) is 4.98 Å². The van der Waals surface area contributed by atoms with Gasteiger partial charge in [-0.15, -0.1) is 23.7 Å². The quantitative estimate of drug-likeness (QED) is 0.869. The number of nitrogens with one attached hydrogen (secondary N) is 1. The third-order valence-electron chi connectivity index (χ3n) is 2.30. The van der Waals surface area contributed by atoms with Crippen molar-refractivity contribution in [3.05, 3.63) is 11.1 Å². The molecule has 98 valence electrons. The molecule has 4 nitrogen and oxygen atoms in total. The Hall–Kier alpha value is -0.650. The van der Waals surface area contributed by atoms with Crippen LogP contribution in [-0.2, 0) is 11.2 Å². The van der Waals surface area contributed by atoms with E-state index in [1.807, 2.05) is 20.0 Å². The van der Waals surface area contributed by atoms with E-state index in [2.05, 4.69) is 17.2 Å². The van der Waals surface area contributed by atoms with Crippen LogP contribution < -0.4 is 11.1 Å². The van der Waals surface area contributed by atoms with Gasteiger partial charge in [-0.05, 0) is 12.3 Å². The van der Waals surface area contributed by atoms with Gasteiger partial charge in [-0.3, -0.25) is 4.79 Å². The molecular formula is C11H20ClN3OS. The fourth-order valence-corrected chi connectivity index (χ4v) is 2.14. The maximum absolute atomic E-state index is 11.7. The topological polar surface area (TPSA) is 68.0 Å². The number of nitrogens with two attached hydrogens (primary N) is 1. The highest BCUT2D eigenvalue weighted by Gasteiger charge is 2.18. The van der Waals surface area contributed by atoms with Crippen molar-refractivity contribution in [3.63, 3.8) is 0 Å². The highest BCUT2D eigenvalue weighted by atomic mass is 35.5. The molecule has 0 aliphatic rings. The Morgan fingerprint density at radius 3 is 2.76 bits per heavy atom. The molecule has 0 aliphatic heterocycles. The molecule has 0 saturated heterocycles. The fourth-order valence-electron chi connectivity index (χ4n) is 1.22. The van der Waals surface area contributed by atoms with E-state index >= 15 is 0 Å². The van der Waals surface area contributed by atoms with Crippen molar-refractivity contribution in [1.29, 1.82) is 0 Å². The monoisotopic (exact) mass is 277 g/mol. The van der Waals surface area contributed by atoms with Crippen LogP contribution >= 0.6 is 23.7 Å². The predicted molar refractivity (Wildman–Crippen MR) is 74.8 cm³/mol. The number of amides is 1. The van der Waals surface area contributed by atoms with Crippen LogP contribution in [-0.4, -0.2) is 16.9 Å². The summed E-state index contributed by atoms with van der Waals surface area (Å²) in [5.41, 5.74) is 5.74. The highest BCUT2D eigenvalue weighted by molar-refractivity contribution is 7.15. The smallest absolute Gasteiger partial charge is 0.243 e. The predicted octanol–water partition coefficient (Wildman–Crippen LogP) is 2.44. The number of nitrogens with zero attached hydrogens (tertiary/aromatic N) is 1. The fraction of sp³-hybridized carbons (Fsp3) is 0.636. The SMILES string of the molecule is CCCc1cnc(NC(=O)[C@@H](N)C(C)C)s1.Cl. The summed E-state index contributed by atoms with van der Waals surface area (Å²) in [6.45, 7) is 5.97. The highest BCUT2D eigenvalue weighted by Crippen LogP contribution is 2.19. The van der Waals surface area contributed by atoms with E-state index in [0.29, 0.717) is 5.13 Å². The van der Waals surface area contributed by atoms with Gasteiger partial charge in [-0.25, -0.2) is 4.98 Å². The van der Waals surface area contributed by atoms with Gasteiger partial charge in [0.2, 0.25) is 5.91 Å². The molecule has 1 heterocycles. The van der Waals surface area contributed by atoms with E-state index in [-0.39, 0.29) is 24.2 Å². The van der Waals surface area contributed by atoms with Gasteiger partial charge in [-0.1, -0.05) is 27.2 Å². The Balaban J connectivity index is 0.00000256. The maximum Gasteiger partial charge on any atom is 0.243 e. The number of aryl methyl sites for hydroxylation is 1. The lowest BCUT2D eigenvalue weighted by molar-refractivity contribution is -0.118. The number of halogens is 1. The van der Waals surface area contributed by atoms with Crippen LogP contribution in [0.1, 0.15) is 32.1 Å². The molecule has 1 rings (SSSR count). The number of thiazole rings is 1. The second-order valence-electron chi connectivity index (χ2n) is 4.14. The first kappa shape index (κ1) is 16.4. The molecule has 1 atom stereocenters. The average Bonchev–Trinajstić information content (AvgIpc) is 2.65. The largest absolute Gasteiger partial charge is 0.320 e. The number of hydrogen-bond donors (Lipinski definition) is 2. The molecule has 0 spiro atoms. The minimum atomic E-state index is -0.474. The van der Waals surface area contributed by atoms with Crippen LogP contribution in [0.4, 0.5) is 5.13 Å². The number of hydrogen-bond acceptors (Lipinski definition) is 4. The second kappa shape index (κ2) is 7.63. The lowest BCUT2D eigenvalue weighted by Gasteiger charge is -2.13. The molecule has 0 saturated carbocycles. The summed E-state index contributed by atoms with van der Waals surface area (Å²) in [6, 6.07) is -0.474. The number of aromatic nitrogens is 1. The van der Waals surface area contributed by atoms with E-state index in [1.165, 1.54) is 16.2 Å². The minimum absolute atomic E-state index is 0. The zero-order valence-corrected chi connectivity index (χ0v) is 12.0. The third kappa shape index (κ3) is 5.02. The molecule has 17 heavy (non-hydrogen) atoms. The molecule has 3 N–H and O–H groups in total. The van der Waals surface area contributed by atoms with Gasteiger partial charge in [0.1, 0.15) is 0 Å². The lowest BCUT2D eigenvalue weighted by atomic mass is 10.1. The molecule has 1 amide bonds. The molecular weight excluding hydrogens is 258 g/mol. The van der Waals surface area contributed by atoms with E-state index in [9.17, 15) is 4.79 Å². The number of carbonyl (C=O) groups is 1.